The van der Waals surface area contributed by atoms with E-state index in [0.717, 1.165) is 11.1 Å². The Kier molecular flexibility index (Phi) is 6.21. The molecule has 0 spiro atoms. The van der Waals surface area contributed by atoms with E-state index in [1.807, 2.05) is 60.7 Å². The first-order chi connectivity index (χ1) is 17.6. The largest absolute Gasteiger partial charge is 0.481 e. The molecule has 178 valence electrons. The van der Waals surface area contributed by atoms with Crippen molar-refractivity contribution in [3.8, 4) is 17.3 Å². The zero-order valence-electron chi connectivity index (χ0n) is 19.0. The van der Waals surface area contributed by atoms with Crippen LogP contribution in [0.25, 0.3) is 11.4 Å². The minimum absolute atomic E-state index is 0.0112. The minimum Gasteiger partial charge on any atom is -0.481 e. The lowest BCUT2D eigenvalue weighted by Crippen LogP contribution is -2.25. The quantitative estimate of drug-likeness (QED) is 0.366. The molecule has 36 heavy (non-hydrogen) atoms. The Balaban J connectivity index is 1.27. The molecule has 3 N–H and O–H groups in total. The molecule has 1 aliphatic rings. The summed E-state index contributed by atoms with van der Waals surface area (Å²) in [5.41, 5.74) is 2.54. The topological polar surface area (TPSA) is 160 Å². The highest BCUT2D eigenvalue weighted by atomic mass is 16.5. The second-order valence-electron chi connectivity index (χ2n) is 7.54. The van der Waals surface area contributed by atoms with Crippen LogP contribution in [0.1, 0.15) is 22.6 Å². The Morgan fingerprint density at radius 2 is 1.58 bits per heavy atom. The number of H-pyrrole nitrogens is 1. The smallest absolute Gasteiger partial charge is 0.294 e. The van der Waals surface area contributed by atoms with Gasteiger partial charge in [-0.25, -0.2) is 4.98 Å². The SMILES string of the molecule is COc1cc(NC(=O)c2nc(-c3ccccc3)n[nH]2)nc(NC(=O)C2=NN=C(c3ccccc3)C2)n1. The fourth-order valence-electron chi connectivity index (χ4n) is 3.34. The maximum Gasteiger partial charge on any atom is 0.294 e. The van der Waals surface area contributed by atoms with Crippen LogP contribution in [0.2, 0.25) is 0 Å². The van der Waals surface area contributed by atoms with Gasteiger partial charge in [0, 0.05) is 18.1 Å². The van der Waals surface area contributed by atoms with E-state index in [-0.39, 0.29) is 35.6 Å². The van der Waals surface area contributed by atoms with Crippen molar-refractivity contribution in [1.29, 1.82) is 0 Å². The van der Waals surface area contributed by atoms with Crippen molar-refractivity contribution in [2.75, 3.05) is 17.7 Å². The van der Waals surface area contributed by atoms with Crippen molar-refractivity contribution in [3.05, 3.63) is 78.1 Å². The molecular weight excluding hydrogens is 462 g/mol. The molecule has 0 atom stereocenters. The lowest BCUT2D eigenvalue weighted by Gasteiger charge is -2.09. The first-order valence-corrected chi connectivity index (χ1v) is 10.8. The standard InChI is InChI=1S/C24H19N9O3/c1-36-19-13-18(25-23(35)21-28-20(32-33-21)15-10-6-3-7-11-15)26-24(27-19)29-22(34)17-12-16(30-31-17)14-8-4-2-5-9-14/h2-11,13H,12H2,1H3,(H,28,32,33)(H2,25,26,27,29,34,35). The van der Waals surface area contributed by atoms with E-state index in [2.05, 4.69) is 46.0 Å². The van der Waals surface area contributed by atoms with Crippen molar-refractivity contribution in [3.63, 3.8) is 0 Å². The zero-order valence-corrected chi connectivity index (χ0v) is 19.0. The first-order valence-electron chi connectivity index (χ1n) is 10.8. The van der Waals surface area contributed by atoms with Gasteiger partial charge >= 0.3 is 0 Å². The van der Waals surface area contributed by atoms with Gasteiger partial charge in [0.25, 0.3) is 11.8 Å². The number of hydrogen-bond acceptors (Lipinski definition) is 9. The van der Waals surface area contributed by atoms with Gasteiger partial charge in [0.1, 0.15) is 11.5 Å². The molecule has 3 heterocycles. The Hall–Kier alpha value is -5.26. The Labute approximate surface area is 204 Å². The number of hydrogen-bond donors (Lipinski definition) is 3. The molecule has 0 unspecified atom stereocenters. The molecule has 0 aliphatic carbocycles. The minimum atomic E-state index is -0.580. The molecule has 2 aromatic heterocycles. The predicted octanol–water partition coefficient (Wildman–Crippen LogP) is 2.71. The second kappa shape index (κ2) is 9.93. The van der Waals surface area contributed by atoms with Crippen LogP contribution < -0.4 is 15.4 Å². The summed E-state index contributed by atoms with van der Waals surface area (Å²) in [5, 5.41) is 20.0. The summed E-state index contributed by atoms with van der Waals surface area (Å²) in [6, 6.07) is 20.1. The summed E-state index contributed by atoms with van der Waals surface area (Å²) in [6.45, 7) is 0. The van der Waals surface area contributed by atoms with Crippen LogP contribution in [0.5, 0.6) is 5.88 Å². The number of aromatic amines is 1. The van der Waals surface area contributed by atoms with Crippen LogP contribution in [0.4, 0.5) is 11.8 Å². The summed E-state index contributed by atoms with van der Waals surface area (Å²) in [7, 11) is 1.41. The van der Waals surface area contributed by atoms with E-state index in [9.17, 15) is 9.59 Å². The third kappa shape index (κ3) is 4.97. The number of ether oxygens (including phenoxy) is 1. The number of nitrogens with one attached hydrogen (secondary N) is 3. The summed E-state index contributed by atoms with van der Waals surface area (Å²) in [4.78, 5) is 38.0. The van der Waals surface area contributed by atoms with Crippen LogP contribution in [0, 0.1) is 0 Å². The van der Waals surface area contributed by atoms with E-state index in [4.69, 9.17) is 4.74 Å². The number of anilines is 2. The second-order valence-corrected chi connectivity index (χ2v) is 7.54. The van der Waals surface area contributed by atoms with Gasteiger partial charge in [-0.05, 0) is 5.56 Å². The highest BCUT2D eigenvalue weighted by Gasteiger charge is 2.22. The molecule has 4 aromatic rings. The number of rotatable bonds is 7. The van der Waals surface area contributed by atoms with Gasteiger partial charge in [0.05, 0.1) is 12.8 Å². The predicted molar refractivity (Wildman–Crippen MR) is 132 cm³/mol. The maximum atomic E-state index is 12.7. The summed E-state index contributed by atoms with van der Waals surface area (Å²) < 4.78 is 5.18. The highest BCUT2D eigenvalue weighted by molar-refractivity contribution is 6.47. The lowest BCUT2D eigenvalue weighted by atomic mass is 10.1. The average Bonchev–Trinajstić information content (AvgIpc) is 3.60. The van der Waals surface area contributed by atoms with Crippen molar-refractivity contribution in [2.24, 2.45) is 10.2 Å². The molecule has 12 heteroatoms. The number of carbonyl (C=O) groups is 2. The molecule has 2 aromatic carbocycles. The number of methoxy groups -OCH3 is 1. The number of benzene rings is 2. The Morgan fingerprint density at radius 1 is 0.861 bits per heavy atom. The van der Waals surface area contributed by atoms with Crippen molar-refractivity contribution < 1.29 is 14.3 Å². The first kappa shape index (κ1) is 22.5. The summed E-state index contributed by atoms with van der Waals surface area (Å²) in [6.07, 6.45) is 0.263. The third-order valence-electron chi connectivity index (χ3n) is 5.11. The van der Waals surface area contributed by atoms with E-state index in [1.54, 1.807) is 0 Å². The third-order valence-corrected chi connectivity index (χ3v) is 5.11. The summed E-state index contributed by atoms with van der Waals surface area (Å²) in [5.74, 6) is -0.580. The normalized spacial score (nSPS) is 12.5. The molecule has 2 amide bonds. The summed E-state index contributed by atoms with van der Waals surface area (Å²) >= 11 is 0. The van der Waals surface area contributed by atoms with Gasteiger partial charge in [-0.3, -0.25) is 20.0 Å². The molecule has 0 saturated heterocycles. The molecular formula is C24H19N9O3. The van der Waals surface area contributed by atoms with Crippen LogP contribution in [0.15, 0.2) is 76.9 Å². The fourth-order valence-corrected chi connectivity index (χ4v) is 3.34. The van der Waals surface area contributed by atoms with E-state index in [0.29, 0.717) is 11.5 Å². The molecule has 0 saturated carbocycles. The van der Waals surface area contributed by atoms with Gasteiger partial charge in [-0.2, -0.15) is 20.2 Å². The Bertz CT molecular complexity index is 1480. The molecule has 5 rings (SSSR count). The molecule has 12 nitrogen and oxygen atoms in total. The van der Waals surface area contributed by atoms with Gasteiger partial charge < -0.3 is 10.1 Å². The molecule has 1 aliphatic heterocycles. The number of aromatic nitrogens is 5. The van der Waals surface area contributed by atoms with E-state index in [1.165, 1.54) is 13.2 Å². The van der Waals surface area contributed by atoms with Crippen LogP contribution in [-0.4, -0.2) is 55.5 Å². The van der Waals surface area contributed by atoms with Crippen LogP contribution >= 0.6 is 0 Å². The van der Waals surface area contributed by atoms with Crippen molar-refractivity contribution in [1.82, 2.24) is 25.1 Å². The lowest BCUT2D eigenvalue weighted by molar-refractivity contribution is -0.110. The number of carbonyl (C=O) groups excluding carboxylic acids is 2. The zero-order chi connectivity index (χ0) is 24.9. The fraction of sp³-hybridized carbons (Fsp3) is 0.0833. The average molecular weight is 481 g/mol. The van der Waals surface area contributed by atoms with Crippen LogP contribution in [-0.2, 0) is 4.79 Å². The monoisotopic (exact) mass is 481 g/mol. The maximum absolute atomic E-state index is 12.7. The van der Waals surface area contributed by atoms with Gasteiger partial charge in [0.15, 0.2) is 5.82 Å². The molecule has 0 fully saturated rings. The van der Waals surface area contributed by atoms with Crippen molar-refractivity contribution in [2.45, 2.75) is 6.42 Å². The van der Waals surface area contributed by atoms with E-state index < -0.39 is 11.8 Å². The number of nitrogens with zero attached hydrogens (tertiary/aromatic N) is 6. The van der Waals surface area contributed by atoms with Gasteiger partial charge in [-0.15, -0.1) is 5.10 Å². The van der Waals surface area contributed by atoms with E-state index >= 15 is 0 Å². The molecule has 0 bridgehead atoms. The van der Waals surface area contributed by atoms with Gasteiger partial charge in [0.2, 0.25) is 17.7 Å². The van der Waals surface area contributed by atoms with Crippen molar-refractivity contribution >= 4 is 35.0 Å². The highest BCUT2D eigenvalue weighted by Crippen LogP contribution is 2.19. The van der Waals surface area contributed by atoms with Crippen LogP contribution in [0.3, 0.4) is 0 Å². The van der Waals surface area contributed by atoms with Gasteiger partial charge in [-0.1, -0.05) is 60.7 Å². The number of amides is 2. The Morgan fingerprint density at radius 3 is 2.31 bits per heavy atom. The molecule has 0 radical (unpaired) electrons.